The number of methoxy groups -OCH3 is 2. The number of carbonyl (C=O) groups is 2. The lowest BCUT2D eigenvalue weighted by Gasteiger charge is -2.11. The molecular formula is C16H19N3O5. The molecule has 0 spiro atoms. The van der Waals surface area contributed by atoms with Gasteiger partial charge in [0.15, 0.2) is 5.82 Å². The molecule has 2 aromatic rings. The fourth-order valence-electron chi connectivity index (χ4n) is 1.97. The Kier molecular flexibility index (Phi) is 5.78. The zero-order valence-corrected chi connectivity index (χ0v) is 13.7. The van der Waals surface area contributed by atoms with Crippen LogP contribution in [0, 0.1) is 6.92 Å². The van der Waals surface area contributed by atoms with Crippen LogP contribution in [0.5, 0.6) is 11.5 Å². The van der Waals surface area contributed by atoms with E-state index in [1.165, 1.54) is 7.11 Å². The summed E-state index contributed by atoms with van der Waals surface area (Å²) < 4.78 is 15.1. The minimum atomic E-state index is -0.319. The van der Waals surface area contributed by atoms with Gasteiger partial charge in [0.05, 0.1) is 19.9 Å². The topological polar surface area (TPSA) is 103 Å². The number of nitrogens with one attached hydrogen (secondary N) is 2. The van der Waals surface area contributed by atoms with Gasteiger partial charge in [0, 0.05) is 25.0 Å². The van der Waals surface area contributed by atoms with Crippen molar-refractivity contribution < 1.29 is 23.6 Å². The lowest BCUT2D eigenvalue weighted by molar-refractivity contribution is -0.121. The summed E-state index contributed by atoms with van der Waals surface area (Å²) in [7, 11) is 3.04. The van der Waals surface area contributed by atoms with Gasteiger partial charge in [-0.3, -0.25) is 9.59 Å². The second kappa shape index (κ2) is 8.00. The van der Waals surface area contributed by atoms with E-state index in [2.05, 4.69) is 15.8 Å². The van der Waals surface area contributed by atoms with Crippen molar-refractivity contribution >= 4 is 23.3 Å². The molecular weight excluding hydrogens is 314 g/mol. The Morgan fingerprint density at radius 2 is 1.79 bits per heavy atom. The van der Waals surface area contributed by atoms with Gasteiger partial charge >= 0.3 is 0 Å². The van der Waals surface area contributed by atoms with Crippen LogP contribution in [0.15, 0.2) is 28.8 Å². The second-order valence-corrected chi connectivity index (χ2v) is 4.99. The summed E-state index contributed by atoms with van der Waals surface area (Å²) in [6.45, 7) is 1.72. The fraction of sp³-hybridized carbons (Fsp3) is 0.312. The average molecular weight is 333 g/mol. The number of aryl methyl sites for hydroxylation is 1. The van der Waals surface area contributed by atoms with Crippen molar-refractivity contribution in [3.05, 3.63) is 30.0 Å². The molecule has 0 aliphatic carbocycles. The Morgan fingerprint density at radius 3 is 2.38 bits per heavy atom. The third-order valence-corrected chi connectivity index (χ3v) is 3.16. The highest BCUT2D eigenvalue weighted by Gasteiger charge is 2.12. The highest BCUT2D eigenvalue weighted by Crippen LogP contribution is 2.29. The quantitative estimate of drug-likeness (QED) is 0.806. The molecule has 0 saturated carbocycles. The molecule has 0 aliphatic heterocycles. The summed E-state index contributed by atoms with van der Waals surface area (Å²) in [5, 5.41) is 8.91. The van der Waals surface area contributed by atoms with Gasteiger partial charge in [-0.05, 0) is 19.1 Å². The van der Waals surface area contributed by atoms with Crippen molar-refractivity contribution in [3.63, 3.8) is 0 Å². The third kappa shape index (κ3) is 4.73. The van der Waals surface area contributed by atoms with Gasteiger partial charge in [0.25, 0.3) is 0 Å². The summed E-state index contributed by atoms with van der Waals surface area (Å²) in [5.41, 5.74) is 0.510. The Balaban J connectivity index is 1.85. The number of amides is 2. The molecule has 0 atom stereocenters. The first-order chi connectivity index (χ1) is 11.5. The van der Waals surface area contributed by atoms with Crippen LogP contribution in [0.1, 0.15) is 18.6 Å². The molecule has 0 aliphatic rings. The maximum Gasteiger partial charge on any atom is 0.226 e. The number of nitrogens with zero attached hydrogens (tertiary/aromatic N) is 1. The van der Waals surface area contributed by atoms with Crippen molar-refractivity contribution in [2.45, 2.75) is 19.8 Å². The molecule has 0 saturated heterocycles. The van der Waals surface area contributed by atoms with Crippen molar-refractivity contribution in [2.75, 3.05) is 24.9 Å². The van der Waals surface area contributed by atoms with E-state index in [1.807, 2.05) is 0 Å². The first-order valence-electron chi connectivity index (χ1n) is 7.27. The van der Waals surface area contributed by atoms with Gasteiger partial charge in [-0.15, -0.1) is 0 Å². The smallest absolute Gasteiger partial charge is 0.226 e. The zero-order valence-electron chi connectivity index (χ0n) is 13.7. The van der Waals surface area contributed by atoms with Gasteiger partial charge in [0.2, 0.25) is 11.8 Å². The van der Waals surface area contributed by atoms with Crippen LogP contribution in [0.3, 0.4) is 0 Å². The van der Waals surface area contributed by atoms with Gasteiger partial charge < -0.3 is 24.6 Å². The van der Waals surface area contributed by atoms with Crippen molar-refractivity contribution in [2.24, 2.45) is 0 Å². The van der Waals surface area contributed by atoms with E-state index in [-0.39, 0.29) is 24.7 Å². The number of hydrogen-bond donors (Lipinski definition) is 2. The summed E-state index contributed by atoms with van der Waals surface area (Å²) in [4.78, 5) is 23.8. The predicted octanol–water partition coefficient (Wildman–Crippen LogP) is 2.36. The highest BCUT2D eigenvalue weighted by atomic mass is 16.5. The van der Waals surface area contributed by atoms with E-state index in [0.29, 0.717) is 28.8 Å². The molecule has 8 nitrogen and oxygen atoms in total. The van der Waals surface area contributed by atoms with E-state index >= 15 is 0 Å². The highest BCUT2D eigenvalue weighted by molar-refractivity contribution is 5.97. The van der Waals surface area contributed by atoms with E-state index in [9.17, 15) is 9.59 Å². The lowest BCUT2D eigenvalue weighted by Crippen LogP contribution is -2.17. The second-order valence-electron chi connectivity index (χ2n) is 4.99. The molecule has 8 heteroatoms. The zero-order chi connectivity index (χ0) is 17.5. The SMILES string of the molecule is COc1ccc(NC(=O)CCC(=O)Nc2cc(C)on2)c(OC)c1. The standard InChI is InChI=1S/C16H19N3O5/c1-10-8-14(19-24-10)18-16(21)7-6-15(20)17-12-5-4-11(22-2)9-13(12)23-3/h4-5,8-9H,6-7H2,1-3H3,(H,17,20)(H,18,19,21). The molecule has 1 aromatic carbocycles. The van der Waals surface area contributed by atoms with Crippen molar-refractivity contribution in [1.29, 1.82) is 0 Å². The molecule has 2 N–H and O–H groups in total. The van der Waals surface area contributed by atoms with Crippen LogP contribution in [0.2, 0.25) is 0 Å². The van der Waals surface area contributed by atoms with Crippen molar-refractivity contribution in [3.8, 4) is 11.5 Å². The summed E-state index contributed by atoms with van der Waals surface area (Å²) in [6.07, 6.45) is 0.0497. The number of rotatable bonds is 7. The van der Waals surface area contributed by atoms with Crippen LogP contribution in [-0.4, -0.2) is 31.2 Å². The molecule has 0 fully saturated rings. The predicted molar refractivity (Wildman–Crippen MR) is 87.3 cm³/mol. The monoisotopic (exact) mass is 333 g/mol. The molecule has 24 heavy (non-hydrogen) atoms. The minimum absolute atomic E-state index is 0.0240. The number of aromatic nitrogens is 1. The summed E-state index contributed by atoms with van der Waals surface area (Å²) >= 11 is 0. The minimum Gasteiger partial charge on any atom is -0.497 e. The van der Waals surface area contributed by atoms with Crippen LogP contribution in [0.4, 0.5) is 11.5 Å². The van der Waals surface area contributed by atoms with Crippen LogP contribution < -0.4 is 20.1 Å². The van der Waals surface area contributed by atoms with Gasteiger partial charge in [0.1, 0.15) is 17.3 Å². The maximum absolute atomic E-state index is 12.0. The van der Waals surface area contributed by atoms with Crippen LogP contribution in [0.25, 0.3) is 0 Å². The fourth-order valence-corrected chi connectivity index (χ4v) is 1.97. The number of carbonyl (C=O) groups excluding carboxylic acids is 2. The van der Waals surface area contributed by atoms with Gasteiger partial charge in [-0.25, -0.2) is 0 Å². The van der Waals surface area contributed by atoms with E-state index in [0.717, 1.165) is 0 Å². The number of hydrogen-bond acceptors (Lipinski definition) is 6. The summed E-state index contributed by atoms with van der Waals surface area (Å²) in [6, 6.07) is 6.64. The largest absolute Gasteiger partial charge is 0.497 e. The number of ether oxygens (including phenoxy) is 2. The maximum atomic E-state index is 12.0. The molecule has 128 valence electrons. The summed E-state index contributed by atoms with van der Waals surface area (Å²) in [5.74, 6) is 1.40. The molecule has 0 unspecified atom stereocenters. The Morgan fingerprint density at radius 1 is 1.08 bits per heavy atom. The van der Waals surface area contributed by atoms with E-state index in [4.69, 9.17) is 14.0 Å². The Hall–Kier alpha value is -3.03. The van der Waals surface area contributed by atoms with E-state index < -0.39 is 0 Å². The Bertz CT molecular complexity index is 726. The average Bonchev–Trinajstić information content (AvgIpc) is 2.98. The Labute approximate surface area is 139 Å². The number of benzene rings is 1. The van der Waals surface area contributed by atoms with Crippen molar-refractivity contribution in [1.82, 2.24) is 5.16 Å². The number of anilines is 2. The molecule has 1 aromatic heterocycles. The molecule has 0 bridgehead atoms. The molecule has 0 radical (unpaired) electrons. The third-order valence-electron chi connectivity index (χ3n) is 3.16. The molecule has 2 rings (SSSR count). The molecule has 2 amide bonds. The first kappa shape index (κ1) is 17.3. The molecule has 1 heterocycles. The van der Waals surface area contributed by atoms with E-state index in [1.54, 1.807) is 38.3 Å². The normalized spacial score (nSPS) is 10.1. The van der Waals surface area contributed by atoms with Gasteiger partial charge in [-0.2, -0.15) is 0 Å². The van der Waals surface area contributed by atoms with Gasteiger partial charge in [-0.1, -0.05) is 5.16 Å². The van der Waals surface area contributed by atoms with Crippen LogP contribution >= 0.6 is 0 Å². The van der Waals surface area contributed by atoms with Crippen LogP contribution in [-0.2, 0) is 9.59 Å². The first-order valence-corrected chi connectivity index (χ1v) is 7.27. The lowest BCUT2D eigenvalue weighted by atomic mass is 10.2.